The summed E-state index contributed by atoms with van der Waals surface area (Å²) in [5, 5.41) is 2.91. The predicted molar refractivity (Wildman–Crippen MR) is 44.6 cm³/mol. The van der Waals surface area contributed by atoms with Gasteiger partial charge in [-0.15, -0.1) is 0 Å². The van der Waals surface area contributed by atoms with Crippen molar-refractivity contribution >= 4 is 0 Å². The molecule has 0 spiro atoms. The Balaban J connectivity index is 2.88. The minimum Gasteiger partial charge on any atom is -0.303 e. The Morgan fingerprint density at radius 2 is 2.27 bits per heavy atom. The molecule has 0 fully saturated rings. The number of hydrogen-bond acceptors (Lipinski definition) is 1. The molecule has 62 valence electrons. The normalized spacial score (nSPS) is 10.9. The Kier molecular flexibility index (Phi) is 2.17. The number of H-pyrrole nitrogens is 1. The zero-order valence-electron chi connectivity index (χ0n) is 7.22. The minimum atomic E-state index is 0.0960. The quantitative estimate of drug-likeness (QED) is 0.681. The van der Waals surface area contributed by atoms with Crippen molar-refractivity contribution in [2.24, 2.45) is 5.92 Å². The number of nitrogens with zero attached hydrogens (tertiary/aromatic N) is 1. The van der Waals surface area contributed by atoms with Gasteiger partial charge in [-0.2, -0.15) is 0 Å². The second kappa shape index (κ2) is 2.95. The Morgan fingerprint density at radius 3 is 2.64 bits per heavy atom. The molecule has 0 radical (unpaired) electrons. The van der Waals surface area contributed by atoms with E-state index in [1.54, 1.807) is 10.9 Å². The second-order valence-electron chi connectivity index (χ2n) is 3.27. The lowest BCUT2D eigenvalue weighted by Crippen LogP contribution is -2.20. The number of aryl methyl sites for hydroxylation is 1. The number of aromatic nitrogens is 2. The van der Waals surface area contributed by atoms with Crippen LogP contribution in [0.2, 0.25) is 0 Å². The van der Waals surface area contributed by atoms with E-state index in [9.17, 15) is 4.79 Å². The lowest BCUT2D eigenvalue weighted by atomic mass is 10.2. The summed E-state index contributed by atoms with van der Waals surface area (Å²) < 4.78 is 1.64. The highest BCUT2D eigenvalue weighted by Crippen LogP contribution is 1.94. The van der Waals surface area contributed by atoms with E-state index in [1.165, 1.54) is 0 Å². The maximum absolute atomic E-state index is 11.2. The lowest BCUT2D eigenvalue weighted by Gasteiger charge is -2.03. The Labute approximate surface area is 66.0 Å². The van der Waals surface area contributed by atoms with Crippen LogP contribution < -0.4 is 5.56 Å². The molecule has 1 aromatic rings. The molecule has 1 rings (SSSR count). The standard InChI is InChI=1S/C8H14N2O/c1-6(2)5-10-8(11)7(3)4-9-10/h4,6,9H,5H2,1-3H3. The predicted octanol–water partition coefficient (Wildman–Crippen LogP) is 1.14. The van der Waals surface area contributed by atoms with Crippen molar-refractivity contribution < 1.29 is 0 Å². The van der Waals surface area contributed by atoms with Crippen LogP contribution >= 0.6 is 0 Å². The second-order valence-corrected chi connectivity index (χ2v) is 3.27. The zero-order chi connectivity index (χ0) is 8.43. The van der Waals surface area contributed by atoms with Gasteiger partial charge in [0.2, 0.25) is 0 Å². The van der Waals surface area contributed by atoms with E-state index >= 15 is 0 Å². The molecule has 0 aliphatic carbocycles. The van der Waals surface area contributed by atoms with Gasteiger partial charge >= 0.3 is 0 Å². The largest absolute Gasteiger partial charge is 0.303 e. The third kappa shape index (κ3) is 1.73. The first-order valence-corrected chi connectivity index (χ1v) is 3.86. The highest BCUT2D eigenvalue weighted by Gasteiger charge is 2.01. The molecule has 0 saturated heterocycles. The molecule has 0 aliphatic rings. The summed E-state index contributed by atoms with van der Waals surface area (Å²) in [4.78, 5) is 11.2. The summed E-state index contributed by atoms with van der Waals surface area (Å²) in [6.45, 7) is 6.76. The lowest BCUT2D eigenvalue weighted by molar-refractivity contribution is 0.472. The van der Waals surface area contributed by atoms with Gasteiger partial charge in [0.05, 0.1) is 0 Å². The average Bonchev–Trinajstić information content (AvgIpc) is 2.18. The molecule has 1 N–H and O–H groups in total. The van der Waals surface area contributed by atoms with Gasteiger partial charge in [-0.25, -0.2) is 0 Å². The molecule has 0 aromatic carbocycles. The van der Waals surface area contributed by atoms with Crippen molar-refractivity contribution in [3.8, 4) is 0 Å². The van der Waals surface area contributed by atoms with E-state index in [1.807, 2.05) is 6.92 Å². The molecule has 1 heterocycles. The fraction of sp³-hybridized carbons (Fsp3) is 0.625. The molecule has 0 aliphatic heterocycles. The van der Waals surface area contributed by atoms with Crippen LogP contribution in [0.15, 0.2) is 11.0 Å². The number of aromatic amines is 1. The van der Waals surface area contributed by atoms with Gasteiger partial charge in [-0.3, -0.25) is 9.48 Å². The van der Waals surface area contributed by atoms with Gasteiger partial charge in [0, 0.05) is 18.3 Å². The molecule has 1 aromatic heterocycles. The number of nitrogens with one attached hydrogen (secondary N) is 1. The molecule has 0 unspecified atom stereocenters. The fourth-order valence-corrected chi connectivity index (χ4v) is 1.01. The third-order valence-electron chi connectivity index (χ3n) is 1.57. The maximum atomic E-state index is 11.2. The zero-order valence-corrected chi connectivity index (χ0v) is 7.22. The maximum Gasteiger partial charge on any atom is 0.269 e. The highest BCUT2D eigenvalue weighted by atomic mass is 16.1. The SMILES string of the molecule is Cc1c[nH]n(CC(C)C)c1=O. The van der Waals surface area contributed by atoms with Crippen LogP contribution in [0.4, 0.5) is 0 Å². The van der Waals surface area contributed by atoms with E-state index in [0.717, 1.165) is 12.1 Å². The summed E-state index contributed by atoms with van der Waals surface area (Å²) in [7, 11) is 0. The van der Waals surface area contributed by atoms with Crippen molar-refractivity contribution in [3.05, 3.63) is 22.1 Å². The van der Waals surface area contributed by atoms with Gasteiger partial charge in [0.1, 0.15) is 0 Å². The third-order valence-corrected chi connectivity index (χ3v) is 1.57. The molecule has 0 amide bonds. The molecule has 3 nitrogen and oxygen atoms in total. The van der Waals surface area contributed by atoms with Crippen LogP contribution in [0.1, 0.15) is 19.4 Å². The summed E-state index contributed by atoms with van der Waals surface area (Å²) in [5.74, 6) is 0.505. The van der Waals surface area contributed by atoms with E-state index < -0.39 is 0 Å². The Morgan fingerprint density at radius 1 is 1.64 bits per heavy atom. The van der Waals surface area contributed by atoms with Crippen molar-refractivity contribution in [1.29, 1.82) is 0 Å². The summed E-state index contributed by atoms with van der Waals surface area (Å²) >= 11 is 0. The van der Waals surface area contributed by atoms with Gasteiger partial charge < -0.3 is 5.10 Å². The van der Waals surface area contributed by atoms with E-state index in [2.05, 4.69) is 18.9 Å². The topological polar surface area (TPSA) is 37.8 Å². The summed E-state index contributed by atoms with van der Waals surface area (Å²) in [6.07, 6.45) is 1.74. The number of rotatable bonds is 2. The van der Waals surface area contributed by atoms with Crippen LogP contribution in [-0.4, -0.2) is 9.78 Å². The van der Waals surface area contributed by atoms with Crippen molar-refractivity contribution in [1.82, 2.24) is 9.78 Å². The van der Waals surface area contributed by atoms with Crippen molar-refractivity contribution in [2.45, 2.75) is 27.3 Å². The monoisotopic (exact) mass is 154 g/mol. The first-order chi connectivity index (χ1) is 5.11. The molecule has 0 bridgehead atoms. The first-order valence-electron chi connectivity index (χ1n) is 3.86. The van der Waals surface area contributed by atoms with E-state index in [4.69, 9.17) is 0 Å². The van der Waals surface area contributed by atoms with Crippen molar-refractivity contribution in [2.75, 3.05) is 0 Å². The van der Waals surface area contributed by atoms with E-state index in [0.29, 0.717) is 5.92 Å². The van der Waals surface area contributed by atoms with Gasteiger partial charge in [0.25, 0.3) is 5.56 Å². The van der Waals surface area contributed by atoms with Gasteiger partial charge in [-0.1, -0.05) is 13.8 Å². The molecule has 3 heteroatoms. The average molecular weight is 154 g/mol. The van der Waals surface area contributed by atoms with E-state index in [-0.39, 0.29) is 5.56 Å². The molecular weight excluding hydrogens is 140 g/mol. The molecule has 0 saturated carbocycles. The molecule has 0 atom stereocenters. The van der Waals surface area contributed by atoms with Crippen LogP contribution in [0.3, 0.4) is 0 Å². The van der Waals surface area contributed by atoms with Crippen LogP contribution in [-0.2, 0) is 6.54 Å². The molecule has 11 heavy (non-hydrogen) atoms. The smallest absolute Gasteiger partial charge is 0.269 e. The summed E-state index contributed by atoms with van der Waals surface area (Å²) in [5.41, 5.74) is 0.879. The van der Waals surface area contributed by atoms with Crippen LogP contribution in [0.5, 0.6) is 0 Å². The Hall–Kier alpha value is -0.990. The highest BCUT2D eigenvalue weighted by molar-refractivity contribution is 5.00. The van der Waals surface area contributed by atoms with Crippen LogP contribution in [0, 0.1) is 12.8 Å². The van der Waals surface area contributed by atoms with Crippen molar-refractivity contribution in [3.63, 3.8) is 0 Å². The first kappa shape index (κ1) is 8.11. The summed E-state index contributed by atoms with van der Waals surface area (Å²) in [6, 6.07) is 0. The Bertz CT molecular complexity index is 283. The number of hydrogen-bond donors (Lipinski definition) is 1. The van der Waals surface area contributed by atoms with Gasteiger partial charge in [0.15, 0.2) is 0 Å². The molecular formula is C8H14N2O. The van der Waals surface area contributed by atoms with Crippen LogP contribution in [0.25, 0.3) is 0 Å². The van der Waals surface area contributed by atoms with Gasteiger partial charge in [-0.05, 0) is 12.8 Å². The minimum absolute atomic E-state index is 0.0960. The fourth-order valence-electron chi connectivity index (χ4n) is 1.01.